The quantitative estimate of drug-likeness (QED) is 0.686. The first-order valence-corrected chi connectivity index (χ1v) is 6.30. The third-order valence-electron chi connectivity index (χ3n) is 2.80. The van der Waals surface area contributed by atoms with Crippen LogP contribution in [0.5, 0.6) is 0 Å². The fourth-order valence-corrected chi connectivity index (χ4v) is 1.78. The van der Waals surface area contributed by atoms with E-state index in [1.807, 2.05) is 6.92 Å². The van der Waals surface area contributed by atoms with Crippen molar-refractivity contribution in [1.82, 2.24) is 15.1 Å². The number of hydrogen-bond acceptors (Lipinski definition) is 4. The second-order valence-corrected chi connectivity index (χ2v) is 4.71. The van der Waals surface area contributed by atoms with Gasteiger partial charge in [-0.3, -0.25) is 14.7 Å². The van der Waals surface area contributed by atoms with E-state index in [1.165, 1.54) is 4.90 Å². The SMILES string of the molecule is CCCc1[nH]nc(C(=O)N(CC(N)=O)C(C)C)c1N. The van der Waals surface area contributed by atoms with Gasteiger partial charge in [0.1, 0.15) is 0 Å². The van der Waals surface area contributed by atoms with Gasteiger partial charge in [-0.25, -0.2) is 0 Å². The topological polar surface area (TPSA) is 118 Å². The highest BCUT2D eigenvalue weighted by atomic mass is 16.2. The van der Waals surface area contributed by atoms with Crippen molar-refractivity contribution < 1.29 is 9.59 Å². The number of carbonyl (C=O) groups excluding carboxylic acids is 2. The Hall–Kier alpha value is -2.05. The van der Waals surface area contributed by atoms with Gasteiger partial charge in [-0.15, -0.1) is 0 Å². The van der Waals surface area contributed by atoms with E-state index in [1.54, 1.807) is 13.8 Å². The highest BCUT2D eigenvalue weighted by Gasteiger charge is 2.25. The van der Waals surface area contributed by atoms with Gasteiger partial charge < -0.3 is 16.4 Å². The zero-order valence-electron chi connectivity index (χ0n) is 11.6. The molecule has 0 atom stereocenters. The number of aromatic nitrogens is 2. The summed E-state index contributed by atoms with van der Waals surface area (Å²) in [6.07, 6.45) is 1.62. The summed E-state index contributed by atoms with van der Waals surface area (Å²) in [7, 11) is 0. The van der Waals surface area contributed by atoms with Gasteiger partial charge in [0, 0.05) is 6.04 Å². The molecule has 0 aliphatic heterocycles. The first kappa shape index (κ1) is 15.0. The number of nitrogens with two attached hydrogens (primary N) is 2. The summed E-state index contributed by atoms with van der Waals surface area (Å²) in [5, 5.41) is 6.72. The fraction of sp³-hybridized carbons (Fsp3) is 0.583. The average Bonchev–Trinajstić information content (AvgIpc) is 2.67. The minimum Gasteiger partial charge on any atom is -0.395 e. The van der Waals surface area contributed by atoms with E-state index in [2.05, 4.69) is 10.2 Å². The lowest BCUT2D eigenvalue weighted by Crippen LogP contribution is -2.43. The molecule has 0 fully saturated rings. The Morgan fingerprint density at radius 2 is 2.05 bits per heavy atom. The zero-order valence-corrected chi connectivity index (χ0v) is 11.6. The summed E-state index contributed by atoms with van der Waals surface area (Å²) in [5.41, 5.74) is 12.3. The van der Waals surface area contributed by atoms with Crippen LogP contribution in [0, 0.1) is 0 Å². The summed E-state index contributed by atoms with van der Waals surface area (Å²) < 4.78 is 0. The molecule has 0 spiro atoms. The van der Waals surface area contributed by atoms with Gasteiger partial charge in [-0.2, -0.15) is 5.10 Å². The van der Waals surface area contributed by atoms with Gasteiger partial charge in [-0.1, -0.05) is 13.3 Å². The van der Waals surface area contributed by atoms with Gasteiger partial charge in [0.05, 0.1) is 17.9 Å². The van der Waals surface area contributed by atoms with Crippen LogP contribution in [0.25, 0.3) is 0 Å². The maximum absolute atomic E-state index is 12.3. The Morgan fingerprint density at radius 1 is 1.42 bits per heavy atom. The van der Waals surface area contributed by atoms with Crippen LogP contribution in [0.1, 0.15) is 43.4 Å². The van der Waals surface area contributed by atoms with Crippen molar-refractivity contribution in [2.24, 2.45) is 5.73 Å². The lowest BCUT2D eigenvalue weighted by Gasteiger charge is -2.24. The summed E-state index contributed by atoms with van der Waals surface area (Å²) >= 11 is 0. The van der Waals surface area contributed by atoms with Crippen molar-refractivity contribution in [2.45, 2.75) is 39.7 Å². The minimum absolute atomic E-state index is 0.147. The molecule has 2 amide bonds. The number of hydrogen-bond donors (Lipinski definition) is 3. The molecule has 0 saturated carbocycles. The van der Waals surface area contributed by atoms with Crippen molar-refractivity contribution in [3.63, 3.8) is 0 Å². The van der Waals surface area contributed by atoms with Crippen LogP contribution in [0.3, 0.4) is 0 Å². The van der Waals surface area contributed by atoms with Crippen LogP contribution in [0.4, 0.5) is 5.69 Å². The predicted molar refractivity (Wildman–Crippen MR) is 72.4 cm³/mol. The number of nitrogen functional groups attached to an aromatic ring is 1. The second kappa shape index (κ2) is 6.21. The molecule has 7 heteroatoms. The van der Waals surface area contributed by atoms with Crippen molar-refractivity contribution in [3.8, 4) is 0 Å². The van der Waals surface area contributed by atoms with Gasteiger partial charge in [0.15, 0.2) is 5.69 Å². The number of aromatic amines is 1. The predicted octanol–water partition coefficient (Wildman–Crippen LogP) is 0.280. The molecule has 106 valence electrons. The summed E-state index contributed by atoms with van der Waals surface area (Å²) in [6, 6.07) is -0.161. The summed E-state index contributed by atoms with van der Waals surface area (Å²) in [6.45, 7) is 5.47. The van der Waals surface area contributed by atoms with E-state index in [0.29, 0.717) is 5.69 Å². The molecule has 1 aromatic heterocycles. The molecule has 0 saturated heterocycles. The number of rotatable bonds is 6. The van der Waals surface area contributed by atoms with Crippen molar-refractivity contribution in [2.75, 3.05) is 12.3 Å². The van der Waals surface area contributed by atoms with E-state index in [-0.39, 0.29) is 24.2 Å². The first-order chi connectivity index (χ1) is 8.88. The number of amides is 2. The van der Waals surface area contributed by atoms with E-state index in [4.69, 9.17) is 11.5 Å². The zero-order chi connectivity index (χ0) is 14.6. The Kier molecular flexibility index (Phi) is 4.91. The Morgan fingerprint density at radius 3 is 2.53 bits per heavy atom. The fourth-order valence-electron chi connectivity index (χ4n) is 1.78. The monoisotopic (exact) mass is 267 g/mol. The van der Waals surface area contributed by atoms with Crippen molar-refractivity contribution in [3.05, 3.63) is 11.4 Å². The van der Waals surface area contributed by atoms with Gasteiger partial charge in [-0.05, 0) is 20.3 Å². The lowest BCUT2D eigenvalue weighted by molar-refractivity contribution is -0.119. The van der Waals surface area contributed by atoms with Crippen LogP contribution in [0.15, 0.2) is 0 Å². The summed E-state index contributed by atoms with van der Waals surface area (Å²) in [4.78, 5) is 24.7. The lowest BCUT2D eigenvalue weighted by atomic mass is 10.2. The Bertz CT molecular complexity index is 467. The van der Waals surface area contributed by atoms with E-state index >= 15 is 0 Å². The maximum atomic E-state index is 12.3. The molecular weight excluding hydrogens is 246 g/mol. The number of primary amides is 1. The summed E-state index contributed by atoms with van der Waals surface area (Å²) in [5.74, 6) is -0.949. The molecular formula is C12H21N5O2. The molecule has 7 nitrogen and oxygen atoms in total. The molecule has 1 heterocycles. The van der Waals surface area contributed by atoms with E-state index < -0.39 is 5.91 Å². The third kappa shape index (κ3) is 3.46. The highest BCUT2D eigenvalue weighted by molar-refractivity contribution is 5.99. The number of nitrogens with one attached hydrogen (secondary N) is 1. The Labute approximate surface area is 112 Å². The number of anilines is 1. The van der Waals surface area contributed by atoms with E-state index in [9.17, 15) is 9.59 Å². The smallest absolute Gasteiger partial charge is 0.277 e. The molecule has 1 aromatic rings. The van der Waals surface area contributed by atoms with Gasteiger partial charge in [0.2, 0.25) is 5.91 Å². The Balaban J connectivity index is 2.99. The molecule has 0 aliphatic carbocycles. The van der Waals surface area contributed by atoms with Crippen LogP contribution < -0.4 is 11.5 Å². The van der Waals surface area contributed by atoms with Crippen LogP contribution in [-0.2, 0) is 11.2 Å². The van der Waals surface area contributed by atoms with Crippen LogP contribution in [-0.4, -0.2) is 39.5 Å². The largest absolute Gasteiger partial charge is 0.395 e. The van der Waals surface area contributed by atoms with Crippen molar-refractivity contribution >= 4 is 17.5 Å². The van der Waals surface area contributed by atoms with Crippen molar-refractivity contribution in [1.29, 1.82) is 0 Å². The van der Waals surface area contributed by atoms with Gasteiger partial charge in [0.25, 0.3) is 5.91 Å². The van der Waals surface area contributed by atoms with Crippen LogP contribution in [0.2, 0.25) is 0 Å². The number of aryl methyl sites for hydroxylation is 1. The molecule has 0 unspecified atom stereocenters. The maximum Gasteiger partial charge on any atom is 0.277 e. The number of carbonyl (C=O) groups is 2. The molecule has 0 bridgehead atoms. The van der Waals surface area contributed by atoms with Gasteiger partial charge >= 0.3 is 0 Å². The molecule has 5 N–H and O–H groups in total. The molecule has 0 aromatic carbocycles. The molecule has 0 aliphatic rings. The third-order valence-corrected chi connectivity index (χ3v) is 2.80. The standard InChI is InChI=1S/C12H21N5O2/c1-4-5-8-10(14)11(16-15-8)12(19)17(7(2)3)6-9(13)18/h7H,4-6,14H2,1-3H3,(H2,13,18)(H,15,16). The van der Waals surface area contributed by atoms with Crippen LogP contribution >= 0.6 is 0 Å². The average molecular weight is 267 g/mol. The molecule has 19 heavy (non-hydrogen) atoms. The number of H-pyrrole nitrogens is 1. The minimum atomic E-state index is -0.565. The molecule has 0 radical (unpaired) electrons. The van der Waals surface area contributed by atoms with E-state index in [0.717, 1.165) is 18.5 Å². The highest BCUT2D eigenvalue weighted by Crippen LogP contribution is 2.18. The second-order valence-electron chi connectivity index (χ2n) is 4.71. The number of nitrogens with zero attached hydrogens (tertiary/aromatic N) is 2. The first-order valence-electron chi connectivity index (χ1n) is 6.30. The normalized spacial score (nSPS) is 10.7. The molecule has 1 rings (SSSR count).